The van der Waals surface area contributed by atoms with Crippen LogP contribution in [0, 0.1) is 11.3 Å². The molecule has 1 aliphatic heterocycles. The van der Waals surface area contributed by atoms with Crippen LogP contribution in [-0.4, -0.2) is 53.5 Å². The van der Waals surface area contributed by atoms with Gasteiger partial charge in [-0.15, -0.1) is 0 Å². The van der Waals surface area contributed by atoms with E-state index in [-0.39, 0.29) is 5.56 Å². The van der Waals surface area contributed by atoms with Crippen molar-refractivity contribution in [3.05, 3.63) is 36.0 Å². The molecule has 1 aromatic heterocycles. The predicted octanol–water partition coefficient (Wildman–Crippen LogP) is 3.33. The molecule has 2 heterocycles. The number of nitrogens with zero attached hydrogens (tertiary/aromatic N) is 3. The molecule has 1 atom stereocenters. The Bertz CT molecular complexity index is 990. The number of benzene rings is 1. The number of unbranched alkanes of at least 4 members (excludes halogenated alkanes) is 1. The van der Waals surface area contributed by atoms with Gasteiger partial charge in [-0.1, -0.05) is 13.3 Å². The number of hydrogen-bond donors (Lipinski definition) is 0. The molecule has 0 radical (unpaired) electrons. The summed E-state index contributed by atoms with van der Waals surface area (Å²) < 4.78 is 37.7. The second kappa shape index (κ2) is 9.03. The van der Waals surface area contributed by atoms with E-state index in [9.17, 15) is 18.4 Å². The molecule has 0 bridgehead atoms. The Morgan fingerprint density at radius 1 is 1.37 bits per heavy atom. The van der Waals surface area contributed by atoms with Crippen LogP contribution in [0.5, 0.6) is 5.75 Å². The number of pyridine rings is 1. The summed E-state index contributed by atoms with van der Waals surface area (Å²) in [6.07, 6.45) is 2.59. The summed E-state index contributed by atoms with van der Waals surface area (Å²) >= 11 is 0. The van der Waals surface area contributed by atoms with E-state index in [2.05, 4.69) is 4.98 Å². The van der Waals surface area contributed by atoms with E-state index in [0.29, 0.717) is 23.3 Å². The maximum absolute atomic E-state index is 13.5. The Labute approximate surface area is 172 Å². The lowest BCUT2D eigenvalue weighted by atomic mass is 10.1. The molecule has 7 nitrogen and oxygen atoms in total. The fourth-order valence-electron chi connectivity index (χ4n) is 3.21. The summed E-state index contributed by atoms with van der Waals surface area (Å²) in [5.41, 5.74) is 0.722. The van der Waals surface area contributed by atoms with E-state index >= 15 is 0 Å². The van der Waals surface area contributed by atoms with E-state index in [4.69, 9.17) is 14.7 Å². The SMILES string of the molecule is CCCCOc1ccc2nccc(C(=O)OCC(=O)N3CC(F)(F)C[C@H]3C#N)c2c1. The van der Waals surface area contributed by atoms with Crippen molar-refractivity contribution in [2.45, 2.75) is 38.2 Å². The van der Waals surface area contributed by atoms with E-state index in [1.807, 2.05) is 6.92 Å². The summed E-state index contributed by atoms with van der Waals surface area (Å²) in [5, 5.41) is 9.48. The van der Waals surface area contributed by atoms with Crippen LogP contribution < -0.4 is 4.74 Å². The van der Waals surface area contributed by atoms with Gasteiger partial charge >= 0.3 is 5.97 Å². The molecule has 30 heavy (non-hydrogen) atoms. The van der Waals surface area contributed by atoms with E-state index in [0.717, 1.165) is 17.7 Å². The maximum atomic E-state index is 13.5. The van der Waals surface area contributed by atoms with Gasteiger partial charge in [0.15, 0.2) is 6.61 Å². The first-order valence-electron chi connectivity index (χ1n) is 9.60. The van der Waals surface area contributed by atoms with E-state index in [1.54, 1.807) is 24.3 Å². The Balaban J connectivity index is 1.71. The number of ether oxygens (including phenoxy) is 2. The Morgan fingerprint density at radius 3 is 2.90 bits per heavy atom. The highest BCUT2D eigenvalue weighted by Gasteiger charge is 2.47. The van der Waals surface area contributed by atoms with Crippen LogP contribution in [0.3, 0.4) is 0 Å². The zero-order valence-corrected chi connectivity index (χ0v) is 16.4. The standard InChI is InChI=1S/C21H21F2N3O4/c1-2-3-8-29-15-4-5-18-17(9-15)16(6-7-25-18)20(28)30-12-19(27)26-13-21(22,23)10-14(26)11-24/h4-7,9,14H,2-3,8,10,12-13H2,1H3/t14-/m0/s1. The number of aromatic nitrogens is 1. The van der Waals surface area contributed by atoms with Gasteiger partial charge in [0.05, 0.1) is 30.3 Å². The third-order valence-corrected chi connectivity index (χ3v) is 4.77. The fourth-order valence-corrected chi connectivity index (χ4v) is 3.21. The molecule has 1 saturated heterocycles. The summed E-state index contributed by atoms with van der Waals surface area (Å²) in [5.74, 6) is -4.18. The number of nitriles is 1. The molecule has 1 fully saturated rings. The Morgan fingerprint density at radius 2 is 2.17 bits per heavy atom. The summed E-state index contributed by atoms with van der Waals surface area (Å²) in [6.45, 7) is 0.990. The molecule has 1 aromatic carbocycles. The molecule has 1 amide bonds. The first kappa shape index (κ1) is 21.4. The second-order valence-corrected chi connectivity index (χ2v) is 7.04. The van der Waals surface area contributed by atoms with Crippen molar-refractivity contribution in [3.63, 3.8) is 0 Å². The molecular formula is C21H21F2N3O4. The third-order valence-electron chi connectivity index (χ3n) is 4.77. The van der Waals surface area contributed by atoms with Gasteiger partial charge in [-0.2, -0.15) is 5.26 Å². The number of carbonyl (C=O) groups excluding carboxylic acids is 2. The molecule has 0 N–H and O–H groups in total. The van der Waals surface area contributed by atoms with Crippen LogP contribution in [0.2, 0.25) is 0 Å². The van der Waals surface area contributed by atoms with Crippen LogP contribution in [0.15, 0.2) is 30.5 Å². The van der Waals surface area contributed by atoms with Crippen molar-refractivity contribution in [3.8, 4) is 11.8 Å². The van der Waals surface area contributed by atoms with Crippen molar-refractivity contribution in [2.24, 2.45) is 0 Å². The molecule has 0 spiro atoms. The average Bonchev–Trinajstić information content (AvgIpc) is 3.06. The summed E-state index contributed by atoms with van der Waals surface area (Å²) in [4.78, 5) is 29.7. The highest BCUT2D eigenvalue weighted by molar-refractivity contribution is 6.04. The zero-order valence-electron chi connectivity index (χ0n) is 16.4. The second-order valence-electron chi connectivity index (χ2n) is 7.04. The quantitative estimate of drug-likeness (QED) is 0.507. The van der Waals surface area contributed by atoms with Gasteiger partial charge < -0.3 is 14.4 Å². The molecule has 2 aromatic rings. The third kappa shape index (κ3) is 4.82. The topological polar surface area (TPSA) is 92.5 Å². The minimum absolute atomic E-state index is 0.178. The molecule has 0 unspecified atom stereocenters. The monoisotopic (exact) mass is 417 g/mol. The Kier molecular flexibility index (Phi) is 6.45. The van der Waals surface area contributed by atoms with Crippen molar-refractivity contribution in [1.82, 2.24) is 9.88 Å². The Hall–Kier alpha value is -3.28. The van der Waals surface area contributed by atoms with Crippen LogP contribution in [0.25, 0.3) is 10.9 Å². The number of fused-ring (bicyclic) bond motifs is 1. The minimum atomic E-state index is -3.13. The van der Waals surface area contributed by atoms with E-state index < -0.39 is 43.4 Å². The smallest absolute Gasteiger partial charge is 0.339 e. The fraction of sp³-hybridized carbons (Fsp3) is 0.429. The van der Waals surface area contributed by atoms with Gasteiger partial charge in [0.25, 0.3) is 11.8 Å². The molecular weight excluding hydrogens is 396 g/mol. The lowest BCUT2D eigenvalue weighted by Gasteiger charge is -2.19. The highest BCUT2D eigenvalue weighted by atomic mass is 19.3. The van der Waals surface area contributed by atoms with Gasteiger partial charge in [0.1, 0.15) is 11.8 Å². The van der Waals surface area contributed by atoms with Crippen molar-refractivity contribution in [1.29, 1.82) is 5.26 Å². The van der Waals surface area contributed by atoms with E-state index in [1.165, 1.54) is 12.3 Å². The number of halogens is 2. The summed E-state index contributed by atoms with van der Waals surface area (Å²) in [6, 6.07) is 7.02. The molecule has 158 valence electrons. The molecule has 1 aliphatic rings. The van der Waals surface area contributed by atoms with Gasteiger partial charge in [0.2, 0.25) is 0 Å². The highest BCUT2D eigenvalue weighted by Crippen LogP contribution is 2.31. The number of amides is 1. The maximum Gasteiger partial charge on any atom is 0.339 e. The van der Waals surface area contributed by atoms with Crippen LogP contribution in [0.1, 0.15) is 36.5 Å². The molecule has 0 aliphatic carbocycles. The molecule has 9 heteroatoms. The van der Waals surface area contributed by atoms with Gasteiger partial charge in [0, 0.05) is 18.0 Å². The van der Waals surface area contributed by atoms with Crippen molar-refractivity contribution >= 4 is 22.8 Å². The number of esters is 1. The van der Waals surface area contributed by atoms with Crippen LogP contribution in [0.4, 0.5) is 8.78 Å². The van der Waals surface area contributed by atoms with Crippen molar-refractivity contribution in [2.75, 3.05) is 19.8 Å². The first-order valence-corrected chi connectivity index (χ1v) is 9.60. The number of carbonyl (C=O) groups is 2. The lowest BCUT2D eigenvalue weighted by Crippen LogP contribution is -2.38. The first-order chi connectivity index (χ1) is 14.3. The minimum Gasteiger partial charge on any atom is -0.494 e. The average molecular weight is 417 g/mol. The zero-order chi connectivity index (χ0) is 21.7. The number of rotatable bonds is 7. The normalized spacial score (nSPS) is 17.5. The summed E-state index contributed by atoms with van der Waals surface area (Å²) in [7, 11) is 0. The van der Waals surface area contributed by atoms with Gasteiger partial charge in [-0.25, -0.2) is 13.6 Å². The van der Waals surface area contributed by atoms with Crippen LogP contribution in [-0.2, 0) is 9.53 Å². The number of alkyl halides is 2. The van der Waals surface area contributed by atoms with Gasteiger partial charge in [-0.3, -0.25) is 9.78 Å². The predicted molar refractivity (Wildman–Crippen MR) is 103 cm³/mol. The van der Waals surface area contributed by atoms with Crippen molar-refractivity contribution < 1.29 is 27.8 Å². The largest absolute Gasteiger partial charge is 0.494 e. The lowest BCUT2D eigenvalue weighted by molar-refractivity contribution is -0.135. The number of hydrogen-bond acceptors (Lipinski definition) is 6. The molecule has 0 saturated carbocycles. The number of likely N-dealkylation sites (tertiary alicyclic amines) is 1. The van der Waals surface area contributed by atoms with Gasteiger partial charge in [-0.05, 0) is 30.7 Å². The van der Waals surface area contributed by atoms with Crippen LogP contribution >= 0.6 is 0 Å². The molecule has 3 rings (SSSR count).